The van der Waals surface area contributed by atoms with Crippen molar-refractivity contribution in [3.8, 4) is 0 Å². The minimum absolute atomic E-state index is 0.254. The van der Waals surface area contributed by atoms with Gasteiger partial charge in [-0.05, 0) is 30.5 Å². The van der Waals surface area contributed by atoms with Gasteiger partial charge in [-0.3, -0.25) is 9.59 Å². The van der Waals surface area contributed by atoms with Crippen LogP contribution in [0.25, 0.3) is 0 Å². The van der Waals surface area contributed by atoms with E-state index in [1.165, 1.54) is 23.3 Å². The number of carbonyl (C=O) groups is 3. The van der Waals surface area contributed by atoms with Crippen LogP contribution < -0.4 is 10.2 Å². The molecule has 0 spiro atoms. The third kappa shape index (κ3) is 2.53. The van der Waals surface area contributed by atoms with Gasteiger partial charge in [-0.1, -0.05) is 23.8 Å². The molecule has 2 N–H and O–H groups in total. The van der Waals surface area contributed by atoms with Crippen molar-refractivity contribution in [3.63, 3.8) is 0 Å². The van der Waals surface area contributed by atoms with Gasteiger partial charge in [-0.15, -0.1) is 11.3 Å². The molecule has 0 radical (unpaired) electrons. The monoisotopic (exact) mass is 385 g/mol. The number of anilines is 1. The number of hydrogen-bond donors (Lipinski definition) is 1. The molecule has 2 saturated heterocycles. The number of carbonyl (C=O) groups excluding carboxylic acids is 3. The van der Waals surface area contributed by atoms with Crippen molar-refractivity contribution in [1.29, 1.82) is 0 Å². The van der Waals surface area contributed by atoms with Crippen molar-refractivity contribution in [1.82, 2.24) is 0 Å². The van der Waals surface area contributed by atoms with E-state index in [9.17, 15) is 14.4 Å². The molecule has 0 bridgehead atoms. The van der Waals surface area contributed by atoms with Crippen LogP contribution in [0.5, 0.6) is 0 Å². The zero-order valence-corrected chi connectivity index (χ0v) is 16.2. The van der Waals surface area contributed by atoms with E-state index in [0.29, 0.717) is 5.69 Å². The molecule has 4 atom stereocenters. The van der Waals surface area contributed by atoms with E-state index in [-0.39, 0.29) is 17.9 Å². The predicted octanol–water partition coefficient (Wildman–Crippen LogP) is 1.41. The molecule has 2 aromatic rings. The number of aryl methyl sites for hydroxylation is 1. The predicted molar refractivity (Wildman–Crippen MR) is 100 cm³/mol. The number of quaternary nitrogens is 1. The summed E-state index contributed by atoms with van der Waals surface area (Å²) in [5.74, 6) is -2.43. The maximum absolute atomic E-state index is 13.3. The van der Waals surface area contributed by atoms with Gasteiger partial charge in [0.2, 0.25) is 17.4 Å². The molecule has 2 fully saturated rings. The molecule has 2 amide bonds. The Labute approximate surface area is 161 Å². The number of hydrogen-bond acceptors (Lipinski definition) is 5. The van der Waals surface area contributed by atoms with Crippen molar-refractivity contribution in [3.05, 3.63) is 52.2 Å². The first kappa shape index (κ1) is 17.9. The number of thiophene rings is 1. The second-order valence-corrected chi connectivity index (χ2v) is 8.31. The van der Waals surface area contributed by atoms with Gasteiger partial charge >= 0.3 is 5.97 Å². The van der Waals surface area contributed by atoms with Gasteiger partial charge < -0.3 is 10.1 Å². The lowest BCUT2D eigenvalue weighted by Gasteiger charge is -2.25. The summed E-state index contributed by atoms with van der Waals surface area (Å²) >= 11 is 1.53. The number of imide groups is 1. The number of fused-ring (bicyclic) bond motifs is 1. The topological polar surface area (TPSA) is 80.3 Å². The van der Waals surface area contributed by atoms with Gasteiger partial charge in [-0.2, -0.15) is 0 Å². The van der Waals surface area contributed by atoms with Gasteiger partial charge in [0.25, 0.3) is 0 Å². The Kier molecular flexibility index (Phi) is 4.16. The molecule has 4 rings (SSSR count). The number of benzene rings is 1. The first-order valence-electron chi connectivity index (χ1n) is 8.81. The lowest BCUT2D eigenvalue weighted by Crippen LogP contribution is -2.97. The highest BCUT2D eigenvalue weighted by molar-refractivity contribution is 7.10. The van der Waals surface area contributed by atoms with Crippen molar-refractivity contribution >= 4 is 34.8 Å². The fourth-order valence-electron chi connectivity index (χ4n) is 4.37. The molecule has 2 aliphatic heterocycles. The van der Waals surface area contributed by atoms with Crippen LogP contribution in [0.4, 0.5) is 5.69 Å². The van der Waals surface area contributed by atoms with Gasteiger partial charge in [-0.25, -0.2) is 9.69 Å². The van der Waals surface area contributed by atoms with Gasteiger partial charge in [0, 0.05) is 6.92 Å². The van der Waals surface area contributed by atoms with Crippen molar-refractivity contribution in [2.24, 2.45) is 11.8 Å². The molecule has 3 heterocycles. The lowest BCUT2D eigenvalue weighted by atomic mass is 9.81. The summed E-state index contributed by atoms with van der Waals surface area (Å²) in [6.07, 6.45) is 0. The second-order valence-electron chi connectivity index (χ2n) is 7.33. The van der Waals surface area contributed by atoms with Crippen LogP contribution in [0, 0.1) is 18.8 Å². The molecule has 6 nitrogen and oxygen atoms in total. The molecular formula is C20H21N2O4S+. The first-order valence-corrected chi connectivity index (χ1v) is 9.69. The van der Waals surface area contributed by atoms with E-state index in [1.807, 2.05) is 41.9 Å². The highest BCUT2D eigenvalue weighted by Crippen LogP contribution is 2.46. The molecule has 0 unspecified atom stereocenters. The molecule has 1 aromatic carbocycles. The fraction of sp³-hybridized carbons (Fsp3) is 0.350. The number of esters is 1. The van der Waals surface area contributed by atoms with Gasteiger partial charge in [0.1, 0.15) is 17.9 Å². The van der Waals surface area contributed by atoms with E-state index in [0.717, 1.165) is 10.4 Å². The summed E-state index contributed by atoms with van der Waals surface area (Å²) in [6, 6.07) is 10.8. The number of ether oxygens (including phenoxy) is 1. The summed E-state index contributed by atoms with van der Waals surface area (Å²) in [6.45, 7) is 3.65. The van der Waals surface area contributed by atoms with Crippen LogP contribution in [0.1, 0.15) is 23.4 Å². The van der Waals surface area contributed by atoms with Crippen LogP contribution in [-0.2, 0) is 19.1 Å². The number of amides is 2. The molecule has 0 aliphatic carbocycles. The standard InChI is InChI=1S/C20H20N2O4S/c1-11-6-8-12(9-7-11)22-17(23)14-15(18(22)24)20(2,19(25)26-3)21-16(14)13-5-4-10-27-13/h4-10,14-16,21H,1-3H3/p+1/t14-,15-,16+,20+/m0/s1. The zero-order chi connectivity index (χ0) is 19.3. The Morgan fingerprint density at radius 1 is 1.19 bits per heavy atom. The van der Waals surface area contributed by atoms with Crippen molar-refractivity contribution in [2.75, 3.05) is 12.0 Å². The molecule has 27 heavy (non-hydrogen) atoms. The third-order valence-electron chi connectivity index (χ3n) is 5.70. The fourth-order valence-corrected chi connectivity index (χ4v) is 5.21. The van der Waals surface area contributed by atoms with Crippen LogP contribution in [0.2, 0.25) is 0 Å². The third-order valence-corrected chi connectivity index (χ3v) is 6.67. The summed E-state index contributed by atoms with van der Waals surface area (Å²) in [7, 11) is 1.31. The largest absolute Gasteiger partial charge is 0.464 e. The van der Waals surface area contributed by atoms with Crippen LogP contribution in [0.15, 0.2) is 41.8 Å². The van der Waals surface area contributed by atoms with E-state index in [4.69, 9.17) is 4.74 Å². The quantitative estimate of drug-likeness (QED) is 0.640. The van der Waals surface area contributed by atoms with Crippen LogP contribution >= 0.6 is 11.3 Å². The molecule has 0 saturated carbocycles. The van der Waals surface area contributed by atoms with E-state index in [2.05, 4.69) is 0 Å². The highest BCUT2D eigenvalue weighted by Gasteiger charge is 2.71. The minimum atomic E-state index is -1.14. The van der Waals surface area contributed by atoms with E-state index < -0.39 is 23.3 Å². The average molecular weight is 385 g/mol. The second kappa shape index (κ2) is 6.28. The molecule has 2 aliphatic rings. The summed E-state index contributed by atoms with van der Waals surface area (Å²) in [5.41, 5.74) is 0.449. The van der Waals surface area contributed by atoms with E-state index in [1.54, 1.807) is 19.1 Å². The zero-order valence-electron chi connectivity index (χ0n) is 15.3. The summed E-state index contributed by atoms with van der Waals surface area (Å²) in [5, 5.41) is 3.77. The maximum Gasteiger partial charge on any atom is 0.368 e. The van der Waals surface area contributed by atoms with E-state index >= 15 is 0 Å². The summed E-state index contributed by atoms with van der Waals surface area (Å²) in [4.78, 5) is 41.5. The normalized spacial score (nSPS) is 29.9. The number of nitrogens with zero attached hydrogens (tertiary/aromatic N) is 1. The maximum atomic E-state index is 13.3. The van der Waals surface area contributed by atoms with Crippen molar-refractivity contribution < 1.29 is 24.4 Å². The van der Waals surface area contributed by atoms with Gasteiger partial charge in [0.05, 0.1) is 17.7 Å². The number of nitrogens with two attached hydrogens (primary N) is 1. The Morgan fingerprint density at radius 3 is 2.48 bits per heavy atom. The Bertz CT molecular complexity index is 909. The highest BCUT2D eigenvalue weighted by atomic mass is 32.1. The Morgan fingerprint density at radius 2 is 1.89 bits per heavy atom. The Balaban J connectivity index is 1.81. The molecule has 140 valence electrons. The van der Waals surface area contributed by atoms with Crippen LogP contribution in [0.3, 0.4) is 0 Å². The molecule has 7 heteroatoms. The Hall–Kier alpha value is -2.51. The molecular weight excluding hydrogens is 364 g/mol. The number of rotatable bonds is 3. The van der Waals surface area contributed by atoms with Gasteiger partial charge in [0.15, 0.2) is 0 Å². The minimum Gasteiger partial charge on any atom is -0.464 e. The van der Waals surface area contributed by atoms with Crippen molar-refractivity contribution in [2.45, 2.75) is 25.4 Å². The number of methoxy groups -OCH3 is 1. The lowest BCUT2D eigenvalue weighted by molar-refractivity contribution is -0.730. The first-order chi connectivity index (χ1) is 12.9. The average Bonchev–Trinajstić information content (AvgIpc) is 3.34. The smallest absolute Gasteiger partial charge is 0.368 e. The van der Waals surface area contributed by atoms with Crippen LogP contribution in [-0.4, -0.2) is 30.4 Å². The summed E-state index contributed by atoms with van der Waals surface area (Å²) < 4.78 is 5.00. The SMILES string of the molecule is COC(=O)[C@]1(C)[NH2+][C@H](c2cccs2)[C@H]2C(=O)N(c3ccc(C)cc3)C(=O)[C@H]21. The molecule has 1 aromatic heterocycles.